The molecule has 0 unspecified atom stereocenters. The van der Waals surface area contributed by atoms with Crippen molar-refractivity contribution in [2.24, 2.45) is 0 Å². The molecule has 1 aliphatic heterocycles. The predicted molar refractivity (Wildman–Crippen MR) is 116 cm³/mol. The summed E-state index contributed by atoms with van der Waals surface area (Å²) in [6, 6.07) is 4.17. The first kappa shape index (κ1) is 20.0. The fourth-order valence-corrected chi connectivity index (χ4v) is 4.75. The largest absolute Gasteiger partial charge is 0.353 e. The van der Waals surface area contributed by atoms with Crippen LogP contribution in [0.15, 0.2) is 24.5 Å². The Morgan fingerprint density at radius 3 is 2.72 bits per heavy atom. The number of hydrogen-bond acceptors (Lipinski definition) is 6. The first-order valence-electron chi connectivity index (χ1n) is 9.45. The van der Waals surface area contributed by atoms with Crippen molar-refractivity contribution in [2.45, 2.75) is 13.8 Å². The Bertz CT molecular complexity index is 1060. The molecule has 2 aromatic heterocycles. The molecule has 1 N–H and O–H groups in total. The number of carbonyl (C=O) groups excluding carboxylic acids is 1. The van der Waals surface area contributed by atoms with Gasteiger partial charge in [-0.3, -0.25) is 4.79 Å². The van der Waals surface area contributed by atoms with Crippen LogP contribution in [0.2, 0.25) is 5.02 Å². The Morgan fingerprint density at radius 2 is 2.03 bits per heavy atom. The van der Waals surface area contributed by atoms with Crippen LogP contribution in [0.4, 0.5) is 15.9 Å². The van der Waals surface area contributed by atoms with Gasteiger partial charge < -0.3 is 15.1 Å². The summed E-state index contributed by atoms with van der Waals surface area (Å²) in [6.07, 6.45) is 1.54. The lowest BCUT2D eigenvalue weighted by Crippen LogP contribution is -2.46. The number of nitrogens with zero attached hydrogens (tertiary/aromatic N) is 4. The summed E-state index contributed by atoms with van der Waals surface area (Å²) in [5, 5.41) is 3.81. The molecule has 1 aliphatic rings. The molecule has 1 saturated heterocycles. The number of benzene rings is 1. The van der Waals surface area contributed by atoms with Gasteiger partial charge in [-0.2, -0.15) is 0 Å². The molecular formula is C20H21ClFN5OS. The van der Waals surface area contributed by atoms with Crippen molar-refractivity contribution in [2.75, 3.05) is 42.9 Å². The first-order valence-corrected chi connectivity index (χ1v) is 10.6. The Balaban J connectivity index is 1.65. The van der Waals surface area contributed by atoms with Crippen molar-refractivity contribution in [1.29, 1.82) is 0 Å². The Labute approximate surface area is 177 Å². The maximum atomic E-state index is 14.1. The summed E-state index contributed by atoms with van der Waals surface area (Å²) in [4.78, 5) is 27.6. The standard InChI is InChI=1S/C20H21ClFN5OS/c1-3-26-6-8-27(9-7-26)18-16-12(2)17(29-20(16)24-11-23-18)19(28)25-15-5-4-13(21)10-14(15)22/h4-5,10-11H,3,6-9H2,1-2H3,(H,25,28). The molecule has 29 heavy (non-hydrogen) atoms. The van der Waals surface area contributed by atoms with E-state index in [1.54, 1.807) is 6.33 Å². The van der Waals surface area contributed by atoms with Gasteiger partial charge in [0.1, 0.15) is 22.8 Å². The summed E-state index contributed by atoms with van der Waals surface area (Å²) >= 11 is 7.08. The quantitative estimate of drug-likeness (QED) is 0.668. The Hall–Kier alpha value is -2.29. The SMILES string of the molecule is CCN1CCN(c2ncnc3sc(C(=O)Nc4ccc(Cl)cc4F)c(C)c23)CC1. The van der Waals surface area contributed by atoms with Gasteiger partial charge in [0.15, 0.2) is 0 Å². The summed E-state index contributed by atoms with van der Waals surface area (Å²) in [6.45, 7) is 8.81. The number of amides is 1. The van der Waals surface area contributed by atoms with Crippen LogP contribution in [0.5, 0.6) is 0 Å². The first-order chi connectivity index (χ1) is 14.0. The van der Waals surface area contributed by atoms with Gasteiger partial charge in [0.05, 0.1) is 16.0 Å². The number of carbonyl (C=O) groups is 1. The normalized spacial score (nSPS) is 15.1. The van der Waals surface area contributed by atoms with Crippen molar-refractivity contribution in [1.82, 2.24) is 14.9 Å². The molecule has 0 atom stereocenters. The van der Waals surface area contributed by atoms with Crippen LogP contribution < -0.4 is 10.2 Å². The van der Waals surface area contributed by atoms with Crippen LogP contribution in [0.1, 0.15) is 22.2 Å². The van der Waals surface area contributed by atoms with E-state index in [0.29, 0.717) is 4.88 Å². The second-order valence-electron chi connectivity index (χ2n) is 6.93. The third-order valence-corrected chi connectivity index (χ3v) is 6.65. The monoisotopic (exact) mass is 433 g/mol. The van der Waals surface area contributed by atoms with Gasteiger partial charge in [0.25, 0.3) is 5.91 Å². The number of thiophene rings is 1. The molecule has 1 amide bonds. The van der Waals surface area contributed by atoms with Gasteiger partial charge in [-0.1, -0.05) is 18.5 Å². The van der Waals surface area contributed by atoms with E-state index in [4.69, 9.17) is 11.6 Å². The van der Waals surface area contributed by atoms with Crippen molar-refractivity contribution in [3.8, 4) is 0 Å². The molecular weight excluding hydrogens is 413 g/mol. The smallest absolute Gasteiger partial charge is 0.266 e. The lowest BCUT2D eigenvalue weighted by Gasteiger charge is -2.35. The van der Waals surface area contributed by atoms with Crippen LogP contribution >= 0.6 is 22.9 Å². The molecule has 1 aromatic carbocycles. The molecule has 0 spiro atoms. The highest BCUT2D eigenvalue weighted by Gasteiger charge is 2.24. The maximum absolute atomic E-state index is 14.1. The van der Waals surface area contributed by atoms with Crippen LogP contribution in [0, 0.1) is 12.7 Å². The van der Waals surface area contributed by atoms with Crippen LogP contribution in [0.3, 0.4) is 0 Å². The van der Waals surface area contributed by atoms with Crippen LogP contribution in [0.25, 0.3) is 10.2 Å². The summed E-state index contributed by atoms with van der Waals surface area (Å²) < 4.78 is 14.1. The molecule has 152 valence electrons. The van der Waals surface area contributed by atoms with E-state index in [0.717, 1.165) is 54.3 Å². The molecule has 0 aliphatic carbocycles. The third-order valence-electron chi connectivity index (χ3n) is 5.21. The number of nitrogens with one attached hydrogen (secondary N) is 1. The Kier molecular flexibility index (Phi) is 5.67. The van der Waals surface area contributed by atoms with Gasteiger partial charge >= 0.3 is 0 Å². The van der Waals surface area contributed by atoms with E-state index in [1.165, 1.54) is 29.5 Å². The predicted octanol–water partition coefficient (Wildman–Crippen LogP) is 4.19. The van der Waals surface area contributed by atoms with Gasteiger partial charge in [0.2, 0.25) is 0 Å². The second kappa shape index (κ2) is 8.22. The lowest BCUT2D eigenvalue weighted by atomic mass is 10.1. The average Bonchev–Trinajstić information content (AvgIpc) is 3.07. The third kappa shape index (κ3) is 3.92. The lowest BCUT2D eigenvalue weighted by molar-refractivity contribution is 0.102. The topological polar surface area (TPSA) is 61.4 Å². The van der Waals surface area contributed by atoms with Crippen LogP contribution in [-0.4, -0.2) is 53.5 Å². The number of likely N-dealkylation sites (N-methyl/N-ethyl adjacent to an activating group) is 1. The highest BCUT2D eigenvalue weighted by Crippen LogP contribution is 2.35. The number of halogens is 2. The summed E-state index contributed by atoms with van der Waals surface area (Å²) in [7, 11) is 0. The minimum atomic E-state index is -0.570. The van der Waals surface area contributed by atoms with Crippen molar-refractivity contribution in [3.05, 3.63) is 45.8 Å². The van der Waals surface area contributed by atoms with Crippen molar-refractivity contribution < 1.29 is 9.18 Å². The highest BCUT2D eigenvalue weighted by atomic mass is 35.5. The molecule has 3 heterocycles. The van der Waals surface area contributed by atoms with E-state index in [2.05, 4.69) is 32.0 Å². The minimum absolute atomic E-state index is 0.0956. The van der Waals surface area contributed by atoms with Gasteiger partial charge in [-0.25, -0.2) is 14.4 Å². The van der Waals surface area contributed by atoms with Gasteiger partial charge in [-0.05, 0) is 37.2 Å². The van der Waals surface area contributed by atoms with Crippen molar-refractivity contribution >= 4 is 50.6 Å². The average molecular weight is 434 g/mol. The number of fused-ring (bicyclic) bond motifs is 1. The number of hydrogen-bond donors (Lipinski definition) is 1. The fraction of sp³-hybridized carbons (Fsp3) is 0.350. The van der Waals surface area contributed by atoms with Gasteiger partial charge in [0, 0.05) is 31.2 Å². The maximum Gasteiger partial charge on any atom is 0.266 e. The van der Waals surface area contributed by atoms with E-state index in [1.807, 2.05) is 6.92 Å². The molecule has 0 bridgehead atoms. The zero-order chi connectivity index (χ0) is 20.5. The molecule has 3 aromatic rings. The zero-order valence-electron chi connectivity index (χ0n) is 16.2. The Morgan fingerprint density at radius 1 is 1.28 bits per heavy atom. The minimum Gasteiger partial charge on any atom is -0.353 e. The number of anilines is 2. The summed E-state index contributed by atoms with van der Waals surface area (Å²) in [5.74, 6) is -0.0800. The number of rotatable bonds is 4. The van der Waals surface area contributed by atoms with Gasteiger partial charge in [-0.15, -0.1) is 11.3 Å². The summed E-state index contributed by atoms with van der Waals surface area (Å²) in [5.41, 5.74) is 0.906. The van der Waals surface area contributed by atoms with Crippen LogP contribution in [-0.2, 0) is 0 Å². The van der Waals surface area contributed by atoms with E-state index in [9.17, 15) is 9.18 Å². The van der Waals surface area contributed by atoms with E-state index >= 15 is 0 Å². The zero-order valence-corrected chi connectivity index (χ0v) is 17.8. The molecule has 9 heteroatoms. The number of aryl methyl sites for hydroxylation is 1. The molecule has 0 saturated carbocycles. The van der Waals surface area contributed by atoms with E-state index < -0.39 is 5.82 Å². The van der Waals surface area contributed by atoms with E-state index in [-0.39, 0.29) is 16.6 Å². The molecule has 6 nitrogen and oxygen atoms in total. The number of aromatic nitrogens is 2. The molecule has 4 rings (SSSR count). The second-order valence-corrected chi connectivity index (χ2v) is 8.37. The van der Waals surface area contributed by atoms with Crippen molar-refractivity contribution in [3.63, 3.8) is 0 Å². The number of piperazine rings is 1. The fourth-order valence-electron chi connectivity index (χ4n) is 3.56. The highest BCUT2D eigenvalue weighted by molar-refractivity contribution is 7.20. The molecule has 1 fully saturated rings. The molecule has 0 radical (unpaired) electrons.